The Bertz CT molecular complexity index is 281. The Morgan fingerprint density at radius 2 is 1.21 bits per heavy atom. The van der Waals surface area contributed by atoms with E-state index in [-0.39, 0.29) is 0 Å². The lowest BCUT2D eigenvalue weighted by Crippen LogP contribution is -2.41. The van der Waals surface area contributed by atoms with Crippen LogP contribution in [0.5, 0.6) is 0 Å². The summed E-state index contributed by atoms with van der Waals surface area (Å²) in [6.45, 7) is 7.05. The Hall–Kier alpha value is 0.177. The van der Waals surface area contributed by atoms with Crippen molar-refractivity contribution in [3.63, 3.8) is 0 Å². The lowest BCUT2D eigenvalue weighted by molar-refractivity contribution is 0.175. The molecular formula is C22H46OSi. The first-order valence-corrected chi connectivity index (χ1v) is 14.2. The zero-order valence-corrected chi connectivity index (χ0v) is 18.2. The van der Waals surface area contributed by atoms with Gasteiger partial charge in [0.15, 0.2) is 8.32 Å². The molecule has 2 unspecified atom stereocenters. The summed E-state index contributed by atoms with van der Waals surface area (Å²) in [5.41, 5.74) is 0. The van der Waals surface area contributed by atoms with Crippen LogP contribution in [-0.2, 0) is 4.43 Å². The summed E-state index contributed by atoms with van der Waals surface area (Å²) >= 11 is 0. The van der Waals surface area contributed by atoms with Crippen LogP contribution in [0, 0.1) is 0 Å². The van der Waals surface area contributed by atoms with Crippen LogP contribution in [-0.4, -0.2) is 14.4 Å². The van der Waals surface area contributed by atoms with Crippen LogP contribution in [0.1, 0.15) is 117 Å². The summed E-state index contributed by atoms with van der Waals surface area (Å²) in [6, 6.07) is 2.82. The van der Waals surface area contributed by atoms with E-state index in [1.165, 1.54) is 115 Å². The van der Waals surface area contributed by atoms with Gasteiger partial charge in [0, 0.05) is 6.10 Å². The van der Waals surface area contributed by atoms with Crippen molar-refractivity contribution in [1.29, 1.82) is 0 Å². The minimum absolute atomic E-state index is 0.544. The maximum Gasteiger partial charge on any atom is 0.190 e. The SMILES string of the molecule is CCCCCCCCCCCCCCCC[Si]1(C)CCCC(C)O1. The maximum atomic E-state index is 6.33. The minimum Gasteiger partial charge on any atom is -0.414 e. The Morgan fingerprint density at radius 1 is 0.750 bits per heavy atom. The summed E-state index contributed by atoms with van der Waals surface area (Å²) in [6.07, 6.45) is 23.6. The van der Waals surface area contributed by atoms with Crippen LogP contribution < -0.4 is 0 Å². The van der Waals surface area contributed by atoms with E-state index < -0.39 is 8.32 Å². The molecule has 0 aromatic rings. The zero-order valence-electron chi connectivity index (χ0n) is 17.2. The molecular weight excluding hydrogens is 308 g/mol. The number of hydrogen-bond acceptors (Lipinski definition) is 1. The van der Waals surface area contributed by atoms with E-state index in [4.69, 9.17) is 4.43 Å². The van der Waals surface area contributed by atoms with Crippen LogP contribution in [0.15, 0.2) is 0 Å². The summed E-state index contributed by atoms with van der Waals surface area (Å²) in [4.78, 5) is 0. The van der Waals surface area contributed by atoms with Gasteiger partial charge in [-0.2, -0.15) is 0 Å². The Balaban J connectivity index is 1.79. The number of rotatable bonds is 15. The van der Waals surface area contributed by atoms with Gasteiger partial charge >= 0.3 is 0 Å². The fraction of sp³-hybridized carbons (Fsp3) is 1.00. The molecule has 2 atom stereocenters. The molecule has 144 valence electrons. The van der Waals surface area contributed by atoms with Gasteiger partial charge in [0.05, 0.1) is 0 Å². The summed E-state index contributed by atoms with van der Waals surface area (Å²) < 4.78 is 6.33. The molecule has 1 aliphatic rings. The molecule has 0 radical (unpaired) electrons. The van der Waals surface area contributed by atoms with E-state index in [1.807, 2.05) is 0 Å². The molecule has 0 N–H and O–H groups in total. The van der Waals surface area contributed by atoms with Gasteiger partial charge in [-0.05, 0) is 32.0 Å². The highest BCUT2D eigenvalue weighted by Gasteiger charge is 2.33. The summed E-state index contributed by atoms with van der Waals surface area (Å²) in [5, 5.41) is 0. The Morgan fingerprint density at radius 3 is 1.67 bits per heavy atom. The van der Waals surface area contributed by atoms with Crippen LogP contribution in [0.25, 0.3) is 0 Å². The van der Waals surface area contributed by atoms with Gasteiger partial charge in [-0.25, -0.2) is 0 Å². The second kappa shape index (κ2) is 14.4. The van der Waals surface area contributed by atoms with Gasteiger partial charge in [0.1, 0.15) is 0 Å². The third-order valence-electron chi connectivity index (χ3n) is 5.86. The predicted molar refractivity (Wildman–Crippen MR) is 111 cm³/mol. The predicted octanol–water partition coefficient (Wildman–Crippen LogP) is 8.24. The first kappa shape index (κ1) is 22.2. The molecule has 1 aliphatic heterocycles. The Labute approximate surface area is 154 Å². The fourth-order valence-corrected chi connectivity index (χ4v) is 7.77. The van der Waals surface area contributed by atoms with Crippen molar-refractivity contribution in [3.8, 4) is 0 Å². The number of hydrogen-bond donors (Lipinski definition) is 0. The van der Waals surface area contributed by atoms with Crippen molar-refractivity contribution >= 4 is 8.32 Å². The molecule has 1 saturated heterocycles. The lowest BCUT2D eigenvalue weighted by Gasteiger charge is -2.35. The fourth-order valence-electron chi connectivity index (χ4n) is 4.24. The molecule has 0 aromatic carbocycles. The molecule has 24 heavy (non-hydrogen) atoms. The van der Waals surface area contributed by atoms with Crippen LogP contribution in [0.4, 0.5) is 0 Å². The molecule has 0 bridgehead atoms. The minimum atomic E-state index is -1.30. The van der Waals surface area contributed by atoms with Crippen molar-refractivity contribution in [2.24, 2.45) is 0 Å². The van der Waals surface area contributed by atoms with Gasteiger partial charge in [-0.3, -0.25) is 0 Å². The third-order valence-corrected chi connectivity index (χ3v) is 9.66. The van der Waals surface area contributed by atoms with Crippen molar-refractivity contribution in [3.05, 3.63) is 0 Å². The van der Waals surface area contributed by atoms with Crippen LogP contribution >= 0.6 is 0 Å². The van der Waals surface area contributed by atoms with Gasteiger partial charge < -0.3 is 4.43 Å². The zero-order chi connectivity index (χ0) is 17.5. The summed E-state index contributed by atoms with van der Waals surface area (Å²) in [7, 11) is -1.30. The molecule has 1 nitrogen and oxygen atoms in total. The van der Waals surface area contributed by atoms with E-state index in [0.29, 0.717) is 6.10 Å². The normalized spacial score (nSPS) is 24.4. The van der Waals surface area contributed by atoms with Gasteiger partial charge in [0.25, 0.3) is 0 Å². The second-order valence-electron chi connectivity index (χ2n) is 8.62. The average molecular weight is 355 g/mol. The topological polar surface area (TPSA) is 9.23 Å². The van der Waals surface area contributed by atoms with Gasteiger partial charge in [-0.15, -0.1) is 0 Å². The molecule has 0 aliphatic carbocycles. The van der Waals surface area contributed by atoms with E-state index in [2.05, 4.69) is 20.4 Å². The third kappa shape index (κ3) is 11.7. The van der Waals surface area contributed by atoms with Crippen LogP contribution in [0.3, 0.4) is 0 Å². The van der Waals surface area contributed by atoms with Crippen molar-refractivity contribution in [1.82, 2.24) is 0 Å². The standard InChI is InChI=1S/C22H46OSi/c1-4-5-6-7-8-9-10-11-12-13-14-15-16-17-20-24(3)21-18-19-22(2)23-24/h22H,4-21H2,1-3H3. The van der Waals surface area contributed by atoms with Gasteiger partial charge in [0.2, 0.25) is 0 Å². The van der Waals surface area contributed by atoms with Crippen molar-refractivity contribution < 1.29 is 4.43 Å². The molecule has 0 aromatic heterocycles. The first-order chi connectivity index (χ1) is 11.7. The molecule has 1 rings (SSSR count). The molecule has 0 amide bonds. The largest absolute Gasteiger partial charge is 0.414 e. The van der Waals surface area contributed by atoms with E-state index in [0.717, 1.165) is 0 Å². The van der Waals surface area contributed by atoms with E-state index >= 15 is 0 Å². The van der Waals surface area contributed by atoms with Crippen molar-refractivity contribution in [2.75, 3.05) is 0 Å². The van der Waals surface area contributed by atoms with E-state index in [9.17, 15) is 0 Å². The molecule has 2 heteroatoms. The molecule has 0 spiro atoms. The molecule has 0 saturated carbocycles. The highest BCUT2D eigenvalue weighted by Crippen LogP contribution is 2.30. The van der Waals surface area contributed by atoms with Crippen LogP contribution in [0.2, 0.25) is 18.6 Å². The van der Waals surface area contributed by atoms with Gasteiger partial charge in [-0.1, -0.05) is 103 Å². The second-order valence-corrected chi connectivity index (χ2v) is 12.8. The smallest absolute Gasteiger partial charge is 0.190 e. The number of unbranched alkanes of at least 4 members (excludes halogenated alkanes) is 13. The molecule has 1 fully saturated rings. The monoisotopic (exact) mass is 354 g/mol. The highest BCUT2D eigenvalue weighted by molar-refractivity contribution is 6.72. The summed E-state index contributed by atoms with van der Waals surface area (Å²) in [5.74, 6) is 0. The highest BCUT2D eigenvalue weighted by atomic mass is 28.4. The quantitative estimate of drug-likeness (QED) is 0.212. The first-order valence-electron chi connectivity index (χ1n) is 11.3. The molecule has 1 heterocycles. The van der Waals surface area contributed by atoms with E-state index in [1.54, 1.807) is 0 Å². The Kier molecular flexibility index (Phi) is 13.3. The van der Waals surface area contributed by atoms with Crippen molar-refractivity contribution in [2.45, 2.75) is 141 Å². The average Bonchev–Trinajstić information content (AvgIpc) is 2.55. The lowest BCUT2D eigenvalue weighted by atomic mass is 10.0. The maximum absolute atomic E-state index is 6.33.